The number of thiazole rings is 1. The topological polar surface area (TPSA) is 81.0 Å². The predicted octanol–water partition coefficient (Wildman–Crippen LogP) is 8.43. The van der Waals surface area contributed by atoms with Crippen molar-refractivity contribution in [3.05, 3.63) is 64.7 Å². The van der Waals surface area contributed by atoms with Crippen LogP contribution in [0.15, 0.2) is 53.7 Å². The summed E-state index contributed by atoms with van der Waals surface area (Å²) >= 11 is 1.47. The van der Waals surface area contributed by atoms with Crippen LogP contribution in [0, 0.1) is 6.92 Å². The fourth-order valence-electron chi connectivity index (χ4n) is 3.86. The number of hydrogen-bond acceptors (Lipinski definition) is 7. The molecule has 0 saturated heterocycles. The first-order chi connectivity index (χ1) is 18.0. The van der Waals surface area contributed by atoms with Crippen LogP contribution in [-0.4, -0.2) is 28.9 Å². The van der Waals surface area contributed by atoms with Crippen LogP contribution in [0.4, 0.5) is 5.13 Å². The normalized spacial score (nSPS) is 11.2. The molecule has 0 amide bonds. The molecule has 198 valence electrons. The summed E-state index contributed by atoms with van der Waals surface area (Å²) in [6, 6.07) is 11.6. The second-order valence-corrected chi connectivity index (χ2v) is 10.4. The molecule has 1 heterocycles. The van der Waals surface area contributed by atoms with Crippen molar-refractivity contribution in [2.45, 2.75) is 78.1 Å². The van der Waals surface area contributed by atoms with E-state index in [1.54, 1.807) is 42.6 Å². The monoisotopic (exact) mass is 522 g/mol. The summed E-state index contributed by atoms with van der Waals surface area (Å²) in [6.45, 7) is 4.89. The number of phenols is 1. The lowest BCUT2D eigenvalue weighted by Gasteiger charge is -2.08. The number of hydrogen-bond donors (Lipinski definition) is 1. The van der Waals surface area contributed by atoms with Crippen molar-refractivity contribution in [3.63, 3.8) is 0 Å². The maximum Gasteiger partial charge on any atom is 0.343 e. The van der Waals surface area contributed by atoms with Gasteiger partial charge in [0.25, 0.3) is 0 Å². The minimum Gasteiger partial charge on any atom is -0.507 e. The van der Waals surface area contributed by atoms with Gasteiger partial charge < -0.3 is 14.6 Å². The molecule has 0 spiro atoms. The minimum atomic E-state index is -0.500. The van der Waals surface area contributed by atoms with Crippen molar-refractivity contribution in [1.29, 1.82) is 0 Å². The van der Waals surface area contributed by atoms with Gasteiger partial charge in [-0.15, -0.1) is 11.3 Å². The predicted molar refractivity (Wildman–Crippen MR) is 151 cm³/mol. The van der Waals surface area contributed by atoms with Crippen LogP contribution in [0.25, 0.3) is 0 Å². The van der Waals surface area contributed by atoms with Gasteiger partial charge in [0.05, 0.1) is 12.2 Å². The molecule has 0 aliphatic rings. The molecule has 0 fully saturated rings. The molecular weight excluding hydrogens is 484 g/mol. The maximum atomic E-state index is 12.5. The second-order valence-electron chi connectivity index (χ2n) is 9.18. The average Bonchev–Trinajstić information content (AvgIpc) is 3.32. The Hall–Kier alpha value is -3.19. The number of aromatic hydroxyl groups is 1. The van der Waals surface area contributed by atoms with Crippen molar-refractivity contribution in [2.75, 3.05) is 6.61 Å². The zero-order valence-corrected chi connectivity index (χ0v) is 22.8. The number of benzene rings is 2. The Morgan fingerprint density at radius 3 is 2.22 bits per heavy atom. The Morgan fingerprint density at radius 1 is 0.946 bits per heavy atom. The maximum absolute atomic E-state index is 12.5. The third kappa shape index (κ3) is 10.4. The highest BCUT2D eigenvalue weighted by atomic mass is 32.1. The zero-order valence-electron chi connectivity index (χ0n) is 21.9. The Kier molecular flexibility index (Phi) is 12.1. The number of nitrogens with zero attached hydrogens (tertiary/aromatic N) is 2. The Labute approximate surface area is 224 Å². The van der Waals surface area contributed by atoms with Crippen molar-refractivity contribution in [3.8, 4) is 17.2 Å². The highest BCUT2D eigenvalue weighted by molar-refractivity contribution is 7.15. The second kappa shape index (κ2) is 15.8. The molecule has 0 saturated carbocycles. The van der Waals surface area contributed by atoms with E-state index in [9.17, 15) is 9.90 Å². The van der Waals surface area contributed by atoms with Gasteiger partial charge in [0, 0.05) is 28.9 Å². The van der Waals surface area contributed by atoms with E-state index in [4.69, 9.17) is 9.47 Å². The van der Waals surface area contributed by atoms with Gasteiger partial charge in [0.2, 0.25) is 5.13 Å². The quantitative estimate of drug-likeness (QED) is 0.0883. The van der Waals surface area contributed by atoms with Crippen LogP contribution in [0.1, 0.15) is 91.9 Å². The molecule has 0 aliphatic carbocycles. The van der Waals surface area contributed by atoms with Crippen LogP contribution in [-0.2, 0) is 0 Å². The summed E-state index contributed by atoms with van der Waals surface area (Å²) in [7, 11) is 0. The van der Waals surface area contributed by atoms with Crippen molar-refractivity contribution >= 4 is 28.7 Å². The van der Waals surface area contributed by atoms with Crippen molar-refractivity contribution in [2.24, 2.45) is 4.99 Å². The van der Waals surface area contributed by atoms with Gasteiger partial charge in [-0.05, 0) is 49.7 Å². The molecular formula is C30H38N2O4S. The van der Waals surface area contributed by atoms with Gasteiger partial charge in [-0.1, -0.05) is 64.7 Å². The van der Waals surface area contributed by atoms with Gasteiger partial charge in [-0.25, -0.2) is 14.8 Å². The summed E-state index contributed by atoms with van der Waals surface area (Å²) < 4.78 is 11.2. The first-order valence-electron chi connectivity index (χ1n) is 13.3. The molecule has 1 N–H and O–H groups in total. The smallest absolute Gasteiger partial charge is 0.343 e. The van der Waals surface area contributed by atoms with E-state index in [0.29, 0.717) is 22.9 Å². The van der Waals surface area contributed by atoms with Crippen LogP contribution in [0.2, 0.25) is 0 Å². The largest absolute Gasteiger partial charge is 0.507 e. The van der Waals surface area contributed by atoms with Gasteiger partial charge >= 0.3 is 5.97 Å². The standard InChI is InChI=1S/C30H38N2O4S/c1-3-4-5-6-7-8-9-10-11-12-19-35-26-16-13-24(14-17-26)29(34)36-27-18-15-25(28(33)20-27)22-32-30-31-21-23(2)37-30/h13-18,20-22,33H,3-12,19H2,1-2H3/b32-22+. The fraction of sp³-hybridized carbons (Fsp3) is 0.433. The van der Waals surface area contributed by atoms with E-state index in [0.717, 1.165) is 17.0 Å². The molecule has 1 aromatic heterocycles. The van der Waals surface area contributed by atoms with E-state index >= 15 is 0 Å². The van der Waals surface area contributed by atoms with E-state index in [-0.39, 0.29) is 11.5 Å². The van der Waals surface area contributed by atoms with Gasteiger partial charge in [0.15, 0.2) is 0 Å². The average molecular weight is 523 g/mol. The van der Waals surface area contributed by atoms with E-state index in [1.807, 2.05) is 6.92 Å². The number of ether oxygens (including phenoxy) is 2. The van der Waals surface area contributed by atoms with E-state index in [1.165, 1.54) is 81.4 Å². The minimum absolute atomic E-state index is 0.0296. The number of unbranched alkanes of at least 4 members (excludes halogenated alkanes) is 9. The number of carbonyl (C=O) groups excluding carboxylic acids is 1. The summed E-state index contributed by atoms with van der Waals surface area (Å²) in [5.74, 6) is 0.466. The van der Waals surface area contributed by atoms with Gasteiger partial charge in [-0.3, -0.25) is 0 Å². The molecule has 3 rings (SSSR count). The number of phenolic OH excluding ortho intramolecular Hbond substituents is 1. The molecule has 2 aromatic carbocycles. The third-order valence-corrected chi connectivity index (χ3v) is 6.81. The fourth-order valence-corrected chi connectivity index (χ4v) is 4.46. The number of aryl methyl sites for hydroxylation is 1. The number of aliphatic imine (C=N–C) groups is 1. The van der Waals surface area contributed by atoms with Crippen molar-refractivity contribution in [1.82, 2.24) is 4.98 Å². The first kappa shape index (κ1) is 28.4. The summed E-state index contributed by atoms with van der Waals surface area (Å²) in [5.41, 5.74) is 0.923. The van der Waals surface area contributed by atoms with Crippen LogP contribution >= 0.6 is 11.3 Å². The molecule has 3 aromatic rings. The van der Waals surface area contributed by atoms with Crippen LogP contribution < -0.4 is 9.47 Å². The molecule has 6 nitrogen and oxygen atoms in total. The highest BCUT2D eigenvalue weighted by Gasteiger charge is 2.11. The molecule has 0 bridgehead atoms. The summed E-state index contributed by atoms with van der Waals surface area (Å²) in [5, 5.41) is 10.9. The summed E-state index contributed by atoms with van der Waals surface area (Å²) in [4.78, 5) is 22.0. The molecule has 7 heteroatoms. The highest BCUT2D eigenvalue weighted by Crippen LogP contribution is 2.25. The zero-order chi connectivity index (χ0) is 26.3. The van der Waals surface area contributed by atoms with Crippen LogP contribution in [0.3, 0.4) is 0 Å². The van der Waals surface area contributed by atoms with Gasteiger partial charge in [-0.2, -0.15) is 0 Å². The number of aromatic nitrogens is 1. The molecule has 0 unspecified atom stereocenters. The summed E-state index contributed by atoms with van der Waals surface area (Å²) in [6.07, 6.45) is 16.2. The van der Waals surface area contributed by atoms with Crippen LogP contribution in [0.5, 0.6) is 17.2 Å². The molecule has 0 radical (unpaired) electrons. The first-order valence-corrected chi connectivity index (χ1v) is 14.1. The third-order valence-electron chi connectivity index (χ3n) is 5.99. The lowest BCUT2D eigenvalue weighted by molar-refractivity contribution is 0.0734. The van der Waals surface area contributed by atoms with Crippen molar-refractivity contribution < 1.29 is 19.4 Å². The number of carbonyl (C=O) groups is 1. The SMILES string of the molecule is CCCCCCCCCCCCOc1ccc(C(=O)Oc2ccc(/C=N/c3ncc(C)s3)c(O)c2)cc1. The lowest BCUT2D eigenvalue weighted by atomic mass is 10.1. The van der Waals surface area contributed by atoms with E-state index < -0.39 is 5.97 Å². The van der Waals surface area contributed by atoms with Gasteiger partial charge in [0.1, 0.15) is 17.2 Å². The molecule has 0 atom stereocenters. The lowest BCUT2D eigenvalue weighted by Crippen LogP contribution is -2.08. The molecule has 0 aliphatic heterocycles. The molecule has 37 heavy (non-hydrogen) atoms. The Balaban J connectivity index is 1.36. The number of rotatable bonds is 16. The number of esters is 1. The Bertz CT molecular complexity index is 1120. The Morgan fingerprint density at radius 2 is 1.59 bits per heavy atom. The van der Waals surface area contributed by atoms with E-state index in [2.05, 4.69) is 16.9 Å².